The fourth-order valence-corrected chi connectivity index (χ4v) is 3.20. The van der Waals surface area contributed by atoms with Gasteiger partial charge < -0.3 is 9.84 Å². The van der Waals surface area contributed by atoms with E-state index < -0.39 is 16.0 Å². The molecule has 0 saturated carbocycles. The summed E-state index contributed by atoms with van der Waals surface area (Å²) in [7, 11) is -2.13. The maximum Gasteiger partial charge on any atom is 0.304 e. The molecule has 1 N–H and O–H groups in total. The van der Waals surface area contributed by atoms with Crippen molar-refractivity contribution in [2.45, 2.75) is 17.7 Å². The number of hydrogen-bond donors (Lipinski definition) is 1. The van der Waals surface area contributed by atoms with E-state index in [2.05, 4.69) is 0 Å². The summed E-state index contributed by atoms with van der Waals surface area (Å²) < 4.78 is 31.0. The number of aliphatic carboxylic acids is 1. The number of hydrogen-bond acceptors (Lipinski definition) is 4. The summed E-state index contributed by atoms with van der Waals surface area (Å²) in [6.07, 6.45) is 0.293. The number of carboxylic acid groups (broad SMARTS) is 1. The van der Waals surface area contributed by atoms with Crippen LogP contribution in [0.3, 0.4) is 0 Å². The van der Waals surface area contributed by atoms with Gasteiger partial charge in [-0.05, 0) is 18.6 Å². The minimum absolute atomic E-state index is 0.0454. The lowest BCUT2D eigenvalue weighted by molar-refractivity contribution is -0.137. The van der Waals surface area contributed by atoms with Crippen molar-refractivity contribution in [3.63, 3.8) is 0 Å². The van der Waals surface area contributed by atoms with Crippen LogP contribution < -0.4 is 0 Å². The Morgan fingerprint density at radius 3 is 2.45 bits per heavy atom. The van der Waals surface area contributed by atoms with Crippen LogP contribution in [0, 0.1) is 0 Å². The van der Waals surface area contributed by atoms with Gasteiger partial charge in [0.2, 0.25) is 10.0 Å². The number of nitrogens with zero attached hydrogens (tertiary/aromatic N) is 1. The van der Waals surface area contributed by atoms with Crippen molar-refractivity contribution < 1.29 is 23.1 Å². The van der Waals surface area contributed by atoms with Crippen LogP contribution in [0.1, 0.15) is 12.8 Å². The Bertz CT molecular complexity index is 515. The highest BCUT2D eigenvalue weighted by Crippen LogP contribution is 2.16. The molecule has 0 atom stereocenters. The zero-order valence-corrected chi connectivity index (χ0v) is 12.2. The SMILES string of the molecule is COCCCN(CCC(=O)O)S(=O)(=O)c1ccccc1. The van der Waals surface area contributed by atoms with Gasteiger partial charge in [-0.25, -0.2) is 8.42 Å². The molecule has 20 heavy (non-hydrogen) atoms. The van der Waals surface area contributed by atoms with Crippen LogP contribution in [0.25, 0.3) is 0 Å². The molecule has 0 aliphatic carbocycles. The Labute approximate surface area is 119 Å². The first-order valence-electron chi connectivity index (χ1n) is 6.24. The first-order valence-corrected chi connectivity index (χ1v) is 7.68. The molecule has 1 aromatic carbocycles. The van der Waals surface area contributed by atoms with E-state index in [1.165, 1.54) is 23.5 Å². The lowest BCUT2D eigenvalue weighted by Gasteiger charge is -2.21. The zero-order valence-electron chi connectivity index (χ0n) is 11.4. The number of methoxy groups -OCH3 is 1. The molecule has 7 heteroatoms. The third kappa shape index (κ3) is 4.92. The summed E-state index contributed by atoms with van der Waals surface area (Å²) in [5.74, 6) is -1.02. The van der Waals surface area contributed by atoms with Gasteiger partial charge in [0.25, 0.3) is 0 Å². The number of carbonyl (C=O) groups is 1. The molecule has 0 amide bonds. The highest BCUT2D eigenvalue weighted by Gasteiger charge is 2.24. The van der Waals surface area contributed by atoms with Gasteiger partial charge in [-0.3, -0.25) is 4.79 Å². The lowest BCUT2D eigenvalue weighted by Crippen LogP contribution is -2.34. The fourth-order valence-electron chi connectivity index (χ4n) is 1.70. The molecule has 1 rings (SSSR count). The molecule has 1 aromatic rings. The first-order chi connectivity index (χ1) is 9.48. The summed E-state index contributed by atoms with van der Waals surface area (Å²) in [5.41, 5.74) is 0. The largest absolute Gasteiger partial charge is 0.481 e. The molecule has 0 saturated heterocycles. The van der Waals surface area contributed by atoms with Crippen molar-refractivity contribution in [2.24, 2.45) is 0 Å². The van der Waals surface area contributed by atoms with Gasteiger partial charge >= 0.3 is 5.97 Å². The fraction of sp³-hybridized carbons (Fsp3) is 0.462. The van der Waals surface area contributed by atoms with E-state index in [1.54, 1.807) is 18.2 Å². The van der Waals surface area contributed by atoms with E-state index in [1.807, 2.05) is 0 Å². The molecule has 0 radical (unpaired) electrons. The molecule has 0 bridgehead atoms. The molecular formula is C13H19NO5S. The molecule has 112 valence electrons. The second-order valence-electron chi connectivity index (χ2n) is 4.21. The highest BCUT2D eigenvalue weighted by molar-refractivity contribution is 7.89. The summed E-state index contributed by atoms with van der Waals surface area (Å²) in [6.45, 7) is 0.614. The molecule has 0 aliphatic heterocycles. The maximum absolute atomic E-state index is 12.4. The molecule has 0 spiro atoms. The van der Waals surface area contributed by atoms with Gasteiger partial charge in [-0.15, -0.1) is 0 Å². The lowest BCUT2D eigenvalue weighted by atomic mass is 10.4. The molecular weight excluding hydrogens is 282 g/mol. The van der Waals surface area contributed by atoms with Crippen molar-refractivity contribution in [2.75, 3.05) is 26.8 Å². The normalized spacial score (nSPS) is 11.7. The molecule has 0 unspecified atom stereocenters. The summed E-state index contributed by atoms with van der Waals surface area (Å²) >= 11 is 0. The second kappa shape index (κ2) is 7.98. The van der Waals surface area contributed by atoms with E-state index in [9.17, 15) is 13.2 Å². The van der Waals surface area contributed by atoms with Crippen LogP contribution in [0.4, 0.5) is 0 Å². The first kappa shape index (κ1) is 16.6. The van der Waals surface area contributed by atoms with Gasteiger partial charge in [-0.2, -0.15) is 4.31 Å². The van der Waals surface area contributed by atoms with E-state index in [0.29, 0.717) is 13.0 Å². The third-order valence-electron chi connectivity index (χ3n) is 2.71. The average Bonchev–Trinajstić information content (AvgIpc) is 2.43. The van der Waals surface area contributed by atoms with E-state index in [0.717, 1.165) is 0 Å². The van der Waals surface area contributed by atoms with Gasteiger partial charge in [-0.1, -0.05) is 18.2 Å². The number of ether oxygens (including phenoxy) is 1. The maximum atomic E-state index is 12.4. The van der Waals surface area contributed by atoms with Gasteiger partial charge in [0.1, 0.15) is 0 Å². The Morgan fingerprint density at radius 2 is 1.90 bits per heavy atom. The summed E-state index contributed by atoms with van der Waals surface area (Å²) in [6, 6.07) is 8.00. The standard InChI is InChI=1S/C13H19NO5S/c1-19-11-5-9-14(10-8-13(15)16)20(17,18)12-6-3-2-4-7-12/h2-4,6-7H,5,8-11H2,1H3,(H,15,16). The Hall–Kier alpha value is -1.44. The molecule has 0 aromatic heterocycles. The van der Waals surface area contributed by atoms with Crippen LogP contribution >= 0.6 is 0 Å². The number of sulfonamides is 1. The quantitative estimate of drug-likeness (QED) is 0.693. The van der Waals surface area contributed by atoms with Crippen molar-refractivity contribution in [1.82, 2.24) is 4.31 Å². The number of rotatable bonds is 9. The average molecular weight is 301 g/mol. The highest BCUT2D eigenvalue weighted by atomic mass is 32.2. The van der Waals surface area contributed by atoms with Crippen molar-refractivity contribution in [1.29, 1.82) is 0 Å². The van der Waals surface area contributed by atoms with Gasteiger partial charge in [0.05, 0.1) is 11.3 Å². The van der Waals surface area contributed by atoms with Crippen molar-refractivity contribution >= 4 is 16.0 Å². The van der Waals surface area contributed by atoms with Crippen molar-refractivity contribution in [3.8, 4) is 0 Å². The van der Waals surface area contributed by atoms with Crippen LogP contribution in [-0.2, 0) is 19.6 Å². The third-order valence-corrected chi connectivity index (χ3v) is 4.62. The van der Waals surface area contributed by atoms with Crippen LogP contribution in [0.15, 0.2) is 35.2 Å². The van der Waals surface area contributed by atoms with Crippen LogP contribution in [-0.4, -0.2) is 50.6 Å². The van der Waals surface area contributed by atoms with E-state index in [4.69, 9.17) is 9.84 Å². The van der Waals surface area contributed by atoms with Gasteiger partial charge in [0.15, 0.2) is 0 Å². The Kier molecular flexibility index (Phi) is 6.63. The molecule has 6 nitrogen and oxygen atoms in total. The van der Waals surface area contributed by atoms with Crippen molar-refractivity contribution in [3.05, 3.63) is 30.3 Å². The molecule has 0 fully saturated rings. The topological polar surface area (TPSA) is 83.9 Å². The monoisotopic (exact) mass is 301 g/mol. The number of carboxylic acids is 1. The predicted octanol–water partition coefficient (Wildman–Crippen LogP) is 1.19. The summed E-state index contributed by atoms with van der Waals surface area (Å²) in [4.78, 5) is 10.8. The smallest absolute Gasteiger partial charge is 0.304 e. The number of benzene rings is 1. The Morgan fingerprint density at radius 1 is 1.25 bits per heavy atom. The predicted molar refractivity (Wildman–Crippen MR) is 73.9 cm³/mol. The van der Waals surface area contributed by atoms with Crippen LogP contribution in [0.5, 0.6) is 0 Å². The van der Waals surface area contributed by atoms with E-state index in [-0.39, 0.29) is 24.4 Å². The minimum atomic E-state index is -3.66. The summed E-state index contributed by atoms with van der Waals surface area (Å²) in [5, 5.41) is 8.72. The second-order valence-corrected chi connectivity index (χ2v) is 6.15. The van der Waals surface area contributed by atoms with E-state index >= 15 is 0 Å². The molecule has 0 heterocycles. The minimum Gasteiger partial charge on any atom is -0.481 e. The zero-order chi connectivity index (χ0) is 15.0. The Balaban J connectivity index is 2.87. The molecule has 0 aliphatic rings. The van der Waals surface area contributed by atoms with Crippen LogP contribution in [0.2, 0.25) is 0 Å². The van der Waals surface area contributed by atoms with Gasteiger partial charge in [0, 0.05) is 26.8 Å².